The largest absolute Gasteiger partial charge is 0.469 e. The molecule has 6 heteroatoms. The number of rotatable bonds is 5. The van der Waals surface area contributed by atoms with Crippen molar-refractivity contribution >= 4 is 34.4 Å². The molecule has 6 rings (SSSR count). The molecule has 4 fully saturated rings. The number of fused-ring (bicyclic) bond motifs is 1. The van der Waals surface area contributed by atoms with E-state index in [4.69, 9.17) is 16.3 Å². The van der Waals surface area contributed by atoms with Crippen molar-refractivity contribution in [2.45, 2.75) is 70.4 Å². The summed E-state index contributed by atoms with van der Waals surface area (Å²) in [4.78, 5) is 31.3. The van der Waals surface area contributed by atoms with Gasteiger partial charge < -0.3 is 14.6 Å². The Kier molecular flexibility index (Phi) is 5.08. The van der Waals surface area contributed by atoms with Crippen LogP contribution in [0, 0.1) is 17.3 Å². The number of carbonyl (C=O) groups excluding carboxylic acids is 2. The molecular weight excluding hydrogens is 412 g/mol. The molecule has 2 aliphatic carbocycles. The third kappa shape index (κ3) is 3.27. The highest BCUT2D eigenvalue weighted by Crippen LogP contribution is 2.59. The highest BCUT2D eigenvalue weighted by Gasteiger charge is 2.58. The topological polar surface area (TPSA) is 62.4 Å². The molecule has 4 aliphatic rings. The number of aromatic nitrogens is 1. The number of nitrogens with zero attached hydrogens (tertiary/aromatic N) is 1. The molecule has 1 aromatic carbocycles. The highest BCUT2D eigenvalue weighted by atomic mass is 35.5. The maximum absolute atomic E-state index is 13.5. The van der Waals surface area contributed by atoms with Gasteiger partial charge in [-0.3, -0.25) is 9.59 Å². The van der Waals surface area contributed by atoms with Gasteiger partial charge in [0.2, 0.25) is 5.91 Å². The van der Waals surface area contributed by atoms with E-state index >= 15 is 0 Å². The van der Waals surface area contributed by atoms with Gasteiger partial charge in [-0.05, 0) is 67.1 Å². The molecule has 2 saturated carbocycles. The van der Waals surface area contributed by atoms with E-state index in [1.165, 1.54) is 7.11 Å². The first-order valence-corrected chi connectivity index (χ1v) is 11.8. The predicted molar refractivity (Wildman–Crippen MR) is 121 cm³/mol. The average molecular weight is 443 g/mol. The van der Waals surface area contributed by atoms with Crippen LogP contribution in [-0.4, -0.2) is 41.0 Å². The van der Waals surface area contributed by atoms with Gasteiger partial charge in [-0.15, -0.1) is 0 Å². The number of amides is 1. The van der Waals surface area contributed by atoms with Crippen LogP contribution < -0.4 is 0 Å². The molecule has 1 aromatic heterocycles. The number of nitrogens with one attached hydrogen (secondary N) is 1. The van der Waals surface area contributed by atoms with Crippen LogP contribution in [0.2, 0.25) is 5.02 Å². The van der Waals surface area contributed by atoms with Crippen molar-refractivity contribution in [2.75, 3.05) is 7.11 Å². The van der Waals surface area contributed by atoms with E-state index in [1.54, 1.807) is 0 Å². The van der Waals surface area contributed by atoms with E-state index in [-0.39, 0.29) is 41.2 Å². The number of hydrogen-bond acceptors (Lipinski definition) is 3. The Labute approximate surface area is 188 Å². The second-order valence-electron chi connectivity index (χ2n) is 10.2. The molecule has 1 N–H and O–H groups in total. The molecule has 2 saturated heterocycles. The number of benzene rings is 1. The molecule has 4 unspecified atom stereocenters. The summed E-state index contributed by atoms with van der Waals surface area (Å²) in [6.45, 7) is 4.13. The third-order valence-electron chi connectivity index (χ3n) is 8.44. The summed E-state index contributed by atoms with van der Waals surface area (Å²) in [5.41, 5.74) is 2.11. The van der Waals surface area contributed by atoms with E-state index in [2.05, 4.69) is 16.8 Å². The second-order valence-corrected chi connectivity index (χ2v) is 10.6. The summed E-state index contributed by atoms with van der Waals surface area (Å²) in [7, 11) is 1.48. The normalized spacial score (nSPS) is 31.1. The lowest BCUT2D eigenvalue weighted by Crippen LogP contribution is -2.65. The Bertz CT molecular complexity index is 1010. The Hall–Kier alpha value is -2.01. The lowest BCUT2D eigenvalue weighted by atomic mass is 9.51. The number of aromatic amines is 1. The van der Waals surface area contributed by atoms with Crippen LogP contribution in [0.15, 0.2) is 24.4 Å². The number of methoxy groups -OCH3 is 1. The molecule has 2 aliphatic heterocycles. The van der Waals surface area contributed by atoms with E-state index < -0.39 is 0 Å². The Morgan fingerprint density at radius 1 is 1.23 bits per heavy atom. The lowest BCUT2D eigenvalue weighted by Gasteiger charge is -2.63. The maximum atomic E-state index is 13.5. The molecule has 166 valence electrons. The van der Waals surface area contributed by atoms with Gasteiger partial charge >= 0.3 is 5.97 Å². The fourth-order valence-corrected chi connectivity index (χ4v) is 7.36. The Balaban J connectivity index is 1.35. The van der Waals surface area contributed by atoms with Crippen LogP contribution in [0.3, 0.4) is 0 Å². The molecule has 4 atom stereocenters. The van der Waals surface area contributed by atoms with Gasteiger partial charge in [-0.1, -0.05) is 31.5 Å². The average Bonchev–Trinajstić information content (AvgIpc) is 3.17. The first-order chi connectivity index (χ1) is 14.8. The minimum absolute atomic E-state index is 0.00362. The minimum Gasteiger partial charge on any atom is -0.469 e. The minimum atomic E-state index is -0.107. The fourth-order valence-electron chi connectivity index (χ4n) is 7.08. The molecular formula is C25H31ClN2O3. The van der Waals surface area contributed by atoms with Crippen LogP contribution in [0.5, 0.6) is 0 Å². The van der Waals surface area contributed by atoms with E-state index in [0.29, 0.717) is 12.3 Å². The SMILES string of the molecule is COC(=O)C(C)C12CC3CC(C1)N(C(=O)CC(C)c1c[nH]c4cccc(Cl)c14)C(C3)C2. The summed E-state index contributed by atoms with van der Waals surface area (Å²) in [6, 6.07) is 6.36. The van der Waals surface area contributed by atoms with E-state index in [0.717, 1.165) is 53.6 Å². The van der Waals surface area contributed by atoms with Crippen molar-refractivity contribution in [3.8, 4) is 0 Å². The van der Waals surface area contributed by atoms with Gasteiger partial charge in [0.15, 0.2) is 0 Å². The Morgan fingerprint density at radius 2 is 1.94 bits per heavy atom. The maximum Gasteiger partial charge on any atom is 0.308 e. The zero-order valence-corrected chi connectivity index (χ0v) is 19.2. The summed E-state index contributed by atoms with van der Waals surface area (Å²) >= 11 is 6.46. The number of hydrogen-bond donors (Lipinski definition) is 1. The standard InChI is InChI=1S/C25H31ClN2O3/c1-14(19-13-27-21-6-4-5-20(26)23(19)21)7-22(29)28-17-8-16-9-18(28)12-25(10-16,11-17)15(2)24(30)31-3/h4-6,13-18,27H,7-12H2,1-3H3. The number of halogens is 1. The van der Waals surface area contributed by atoms with Gasteiger partial charge in [0, 0.05) is 35.6 Å². The molecule has 0 spiro atoms. The van der Waals surface area contributed by atoms with Crippen molar-refractivity contribution < 1.29 is 14.3 Å². The quantitative estimate of drug-likeness (QED) is 0.640. The summed E-state index contributed by atoms with van der Waals surface area (Å²) in [5, 5.41) is 1.75. The van der Waals surface area contributed by atoms with Crippen LogP contribution in [0.4, 0.5) is 0 Å². The lowest BCUT2D eigenvalue weighted by molar-refractivity contribution is -0.174. The smallest absolute Gasteiger partial charge is 0.308 e. The molecule has 0 radical (unpaired) electrons. The van der Waals surface area contributed by atoms with E-state index in [9.17, 15) is 9.59 Å². The Morgan fingerprint density at radius 3 is 2.61 bits per heavy atom. The molecule has 4 bridgehead atoms. The molecule has 2 aromatic rings. The van der Waals surface area contributed by atoms with Gasteiger partial charge in [0.05, 0.1) is 18.1 Å². The zero-order chi connectivity index (χ0) is 21.9. The third-order valence-corrected chi connectivity index (χ3v) is 8.75. The monoisotopic (exact) mass is 442 g/mol. The van der Waals surface area contributed by atoms with E-state index in [1.807, 2.05) is 31.3 Å². The van der Waals surface area contributed by atoms with Crippen molar-refractivity contribution in [3.63, 3.8) is 0 Å². The van der Waals surface area contributed by atoms with Crippen molar-refractivity contribution in [1.82, 2.24) is 9.88 Å². The van der Waals surface area contributed by atoms with Gasteiger partial charge in [-0.2, -0.15) is 0 Å². The summed E-state index contributed by atoms with van der Waals surface area (Å²) in [6.07, 6.45) is 7.58. The van der Waals surface area contributed by atoms with Crippen molar-refractivity contribution in [1.29, 1.82) is 0 Å². The van der Waals surface area contributed by atoms with Gasteiger partial charge in [0.1, 0.15) is 0 Å². The van der Waals surface area contributed by atoms with Crippen molar-refractivity contribution in [2.24, 2.45) is 17.3 Å². The fraction of sp³-hybridized carbons (Fsp3) is 0.600. The zero-order valence-electron chi connectivity index (χ0n) is 18.5. The number of ether oxygens (including phenoxy) is 1. The highest BCUT2D eigenvalue weighted by molar-refractivity contribution is 6.35. The summed E-state index contributed by atoms with van der Waals surface area (Å²) in [5.74, 6) is 0.739. The van der Waals surface area contributed by atoms with Crippen molar-refractivity contribution in [3.05, 3.63) is 35.0 Å². The van der Waals surface area contributed by atoms with Crippen LogP contribution in [0.1, 0.15) is 63.9 Å². The van der Waals surface area contributed by atoms with Crippen LogP contribution >= 0.6 is 11.6 Å². The predicted octanol–water partition coefficient (Wildman–Crippen LogP) is 5.28. The first kappa shape index (κ1) is 20.9. The van der Waals surface area contributed by atoms with Gasteiger partial charge in [0.25, 0.3) is 0 Å². The molecule has 1 amide bonds. The number of esters is 1. The van der Waals surface area contributed by atoms with Gasteiger partial charge in [-0.25, -0.2) is 0 Å². The molecule has 3 heterocycles. The first-order valence-electron chi connectivity index (χ1n) is 11.5. The molecule has 5 nitrogen and oxygen atoms in total. The second kappa shape index (κ2) is 7.54. The van der Waals surface area contributed by atoms with Crippen LogP contribution in [0.25, 0.3) is 10.9 Å². The summed E-state index contributed by atoms with van der Waals surface area (Å²) < 4.78 is 5.08. The number of H-pyrrole nitrogens is 1. The molecule has 31 heavy (non-hydrogen) atoms. The number of piperidine rings is 2. The van der Waals surface area contributed by atoms with Crippen LogP contribution in [-0.2, 0) is 14.3 Å². The number of carbonyl (C=O) groups is 2.